The molecule has 20 heavy (non-hydrogen) atoms. The van der Waals surface area contributed by atoms with E-state index in [2.05, 4.69) is 4.98 Å². The summed E-state index contributed by atoms with van der Waals surface area (Å²) >= 11 is 5.99. The van der Waals surface area contributed by atoms with Gasteiger partial charge in [0.05, 0.1) is 12.1 Å². The van der Waals surface area contributed by atoms with Gasteiger partial charge in [0.15, 0.2) is 0 Å². The molecule has 0 aliphatic heterocycles. The van der Waals surface area contributed by atoms with Crippen molar-refractivity contribution < 1.29 is 9.53 Å². The third-order valence-electron chi connectivity index (χ3n) is 2.82. The number of pyridine rings is 1. The first-order valence-electron chi connectivity index (χ1n) is 5.87. The molecule has 1 aromatic carbocycles. The van der Waals surface area contributed by atoms with Gasteiger partial charge in [-0.05, 0) is 24.3 Å². The topological polar surface area (TPSA) is 68.5 Å². The second-order valence-corrected chi connectivity index (χ2v) is 4.54. The van der Waals surface area contributed by atoms with Crippen LogP contribution in [0, 0.1) is 0 Å². The van der Waals surface area contributed by atoms with Gasteiger partial charge >= 0.3 is 0 Å². The number of methoxy groups -OCH3 is 1. The quantitative estimate of drug-likeness (QED) is 0.944. The lowest BCUT2D eigenvalue weighted by atomic mass is 10.2. The van der Waals surface area contributed by atoms with E-state index in [-0.39, 0.29) is 22.4 Å². The molecule has 0 saturated heterocycles. The van der Waals surface area contributed by atoms with Gasteiger partial charge in [0.1, 0.15) is 17.3 Å². The molecule has 0 radical (unpaired) electrons. The number of carbonyl (C=O) groups excluding carboxylic acids is 1. The summed E-state index contributed by atoms with van der Waals surface area (Å²) in [7, 11) is 3.20. The minimum atomic E-state index is -0.337. The number of nitrogens with two attached hydrogens (primary N) is 1. The maximum absolute atomic E-state index is 12.4. The third-order valence-corrected chi connectivity index (χ3v) is 3.12. The van der Waals surface area contributed by atoms with Crippen molar-refractivity contribution in [1.29, 1.82) is 0 Å². The number of hydrogen-bond acceptors (Lipinski definition) is 4. The van der Waals surface area contributed by atoms with Crippen LogP contribution in [0.15, 0.2) is 36.4 Å². The van der Waals surface area contributed by atoms with Crippen molar-refractivity contribution in [1.82, 2.24) is 4.98 Å². The predicted molar refractivity (Wildman–Crippen MR) is 79.4 cm³/mol. The van der Waals surface area contributed by atoms with Gasteiger partial charge in [-0.25, -0.2) is 4.98 Å². The van der Waals surface area contributed by atoms with E-state index in [1.165, 1.54) is 4.90 Å². The summed E-state index contributed by atoms with van der Waals surface area (Å²) in [6.45, 7) is 0. The van der Waals surface area contributed by atoms with E-state index in [4.69, 9.17) is 22.1 Å². The smallest absolute Gasteiger partial charge is 0.278 e. The van der Waals surface area contributed by atoms with Gasteiger partial charge < -0.3 is 15.4 Å². The van der Waals surface area contributed by atoms with E-state index in [0.717, 1.165) is 0 Å². The highest BCUT2D eigenvalue weighted by Crippen LogP contribution is 2.23. The Kier molecular flexibility index (Phi) is 4.10. The molecule has 2 aromatic rings. The molecule has 0 spiro atoms. The number of anilines is 2. The fraction of sp³-hybridized carbons (Fsp3) is 0.143. The van der Waals surface area contributed by atoms with Crippen LogP contribution in [0.5, 0.6) is 5.75 Å². The van der Waals surface area contributed by atoms with E-state index < -0.39 is 0 Å². The summed E-state index contributed by atoms with van der Waals surface area (Å²) in [5.41, 5.74) is 6.39. The van der Waals surface area contributed by atoms with E-state index in [9.17, 15) is 4.79 Å². The first-order chi connectivity index (χ1) is 9.52. The number of nitrogen functional groups attached to an aromatic ring is 1. The Bertz CT molecular complexity index is 646. The van der Waals surface area contributed by atoms with E-state index in [1.54, 1.807) is 50.6 Å². The summed E-state index contributed by atoms with van der Waals surface area (Å²) in [4.78, 5) is 17.8. The van der Waals surface area contributed by atoms with Gasteiger partial charge in [-0.2, -0.15) is 0 Å². The Morgan fingerprint density at radius 1 is 1.35 bits per heavy atom. The number of aromatic nitrogens is 1. The SMILES string of the molecule is COc1cccc(N(C)C(=O)c2nc(N)ccc2Cl)c1. The number of carbonyl (C=O) groups is 1. The first-order valence-corrected chi connectivity index (χ1v) is 6.25. The largest absolute Gasteiger partial charge is 0.497 e. The molecule has 0 bridgehead atoms. The molecule has 6 heteroatoms. The molecule has 0 aliphatic rings. The Hall–Kier alpha value is -2.27. The highest BCUT2D eigenvalue weighted by Gasteiger charge is 2.18. The predicted octanol–water partition coefficient (Wildman–Crippen LogP) is 2.60. The molecule has 0 fully saturated rings. The normalized spacial score (nSPS) is 10.2. The number of benzene rings is 1. The van der Waals surface area contributed by atoms with Crippen LogP contribution in [0.4, 0.5) is 11.5 Å². The fourth-order valence-electron chi connectivity index (χ4n) is 1.70. The maximum atomic E-state index is 12.4. The van der Waals surface area contributed by atoms with Crippen LogP contribution in [0.1, 0.15) is 10.5 Å². The molecular weight excluding hydrogens is 278 g/mol. The van der Waals surface area contributed by atoms with Crippen molar-refractivity contribution in [2.75, 3.05) is 24.8 Å². The van der Waals surface area contributed by atoms with Gasteiger partial charge in [0, 0.05) is 18.8 Å². The molecule has 2 rings (SSSR count). The molecule has 1 aromatic heterocycles. The minimum Gasteiger partial charge on any atom is -0.497 e. The molecule has 5 nitrogen and oxygen atoms in total. The zero-order valence-corrected chi connectivity index (χ0v) is 11.9. The Morgan fingerprint density at radius 2 is 2.10 bits per heavy atom. The van der Waals surface area contributed by atoms with Crippen LogP contribution in [-0.2, 0) is 0 Å². The number of nitrogens with zero attached hydrogens (tertiary/aromatic N) is 2. The average Bonchev–Trinajstić information content (AvgIpc) is 2.48. The van der Waals surface area contributed by atoms with Crippen LogP contribution in [-0.4, -0.2) is 25.0 Å². The van der Waals surface area contributed by atoms with E-state index >= 15 is 0 Å². The lowest BCUT2D eigenvalue weighted by molar-refractivity contribution is 0.0988. The standard InChI is InChI=1S/C14H14ClN3O2/c1-18(9-4-3-5-10(8-9)20-2)14(19)13-11(15)6-7-12(16)17-13/h3-8H,1-2H3,(H2,16,17). The number of amides is 1. The molecule has 0 aliphatic carbocycles. The average molecular weight is 292 g/mol. The van der Waals surface area contributed by atoms with Gasteiger partial charge in [-0.3, -0.25) is 4.79 Å². The Balaban J connectivity index is 2.34. The van der Waals surface area contributed by atoms with Crippen LogP contribution >= 0.6 is 11.6 Å². The zero-order valence-electron chi connectivity index (χ0n) is 11.1. The van der Waals surface area contributed by atoms with Gasteiger partial charge in [0.2, 0.25) is 0 Å². The molecule has 0 unspecified atom stereocenters. The number of ether oxygens (including phenoxy) is 1. The first kappa shape index (κ1) is 14.1. The maximum Gasteiger partial charge on any atom is 0.278 e. The van der Waals surface area contributed by atoms with Crippen molar-refractivity contribution in [3.63, 3.8) is 0 Å². The van der Waals surface area contributed by atoms with Crippen molar-refractivity contribution in [3.8, 4) is 5.75 Å². The van der Waals surface area contributed by atoms with Gasteiger partial charge in [0.25, 0.3) is 5.91 Å². The monoisotopic (exact) mass is 291 g/mol. The number of hydrogen-bond donors (Lipinski definition) is 1. The molecular formula is C14H14ClN3O2. The molecule has 2 N–H and O–H groups in total. The Labute approximate surface area is 121 Å². The van der Waals surface area contributed by atoms with Crippen LogP contribution in [0.25, 0.3) is 0 Å². The summed E-state index contributed by atoms with van der Waals surface area (Å²) < 4.78 is 5.13. The summed E-state index contributed by atoms with van der Waals surface area (Å²) in [5, 5.41) is 0.263. The molecule has 0 saturated carbocycles. The number of rotatable bonds is 3. The number of halogens is 1. The second-order valence-electron chi connectivity index (χ2n) is 4.13. The van der Waals surface area contributed by atoms with Crippen molar-refractivity contribution in [2.24, 2.45) is 0 Å². The summed E-state index contributed by atoms with van der Waals surface area (Å²) in [6, 6.07) is 10.2. The Morgan fingerprint density at radius 3 is 2.80 bits per heavy atom. The van der Waals surface area contributed by atoms with E-state index in [0.29, 0.717) is 11.4 Å². The van der Waals surface area contributed by atoms with Crippen LogP contribution in [0.2, 0.25) is 5.02 Å². The third kappa shape index (κ3) is 2.83. The summed E-state index contributed by atoms with van der Waals surface area (Å²) in [6.07, 6.45) is 0. The fourth-order valence-corrected chi connectivity index (χ4v) is 1.89. The lowest BCUT2D eigenvalue weighted by Crippen LogP contribution is -2.27. The van der Waals surface area contributed by atoms with E-state index in [1.807, 2.05) is 0 Å². The van der Waals surface area contributed by atoms with Crippen LogP contribution < -0.4 is 15.4 Å². The van der Waals surface area contributed by atoms with Crippen molar-refractivity contribution in [2.45, 2.75) is 0 Å². The summed E-state index contributed by atoms with van der Waals surface area (Å²) in [5.74, 6) is 0.570. The molecule has 1 amide bonds. The lowest BCUT2D eigenvalue weighted by Gasteiger charge is -2.18. The van der Waals surface area contributed by atoms with Gasteiger partial charge in [-0.15, -0.1) is 0 Å². The van der Waals surface area contributed by atoms with Crippen molar-refractivity contribution in [3.05, 3.63) is 47.1 Å². The van der Waals surface area contributed by atoms with Crippen LogP contribution in [0.3, 0.4) is 0 Å². The zero-order chi connectivity index (χ0) is 14.7. The highest BCUT2D eigenvalue weighted by atomic mass is 35.5. The molecule has 1 heterocycles. The highest BCUT2D eigenvalue weighted by molar-refractivity contribution is 6.34. The van der Waals surface area contributed by atoms with Gasteiger partial charge in [-0.1, -0.05) is 17.7 Å². The molecule has 0 atom stereocenters. The minimum absolute atomic E-state index is 0.122. The molecule has 104 valence electrons. The second kappa shape index (κ2) is 5.79. The van der Waals surface area contributed by atoms with Crippen molar-refractivity contribution >= 4 is 29.0 Å².